The van der Waals surface area contributed by atoms with Gasteiger partial charge in [0.15, 0.2) is 0 Å². The molecule has 0 heterocycles. The van der Waals surface area contributed by atoms with Crippen LogP contribution in [0.2, 0.25) is 0 Å². The smallest absolute Gasteiger partial charge is 0.257 e. The first-order valence-electron chi connectivity index (χ1n) is 3.43. The second-order valence-electron chi connectivity index (χ2n) is 2.18. The van der Waals surface area contributed by atoms with E-state index in [0.29, 0.717) is 0 Å². The summed E-state index contributed by atoms with van der Waals surface area (Å²) in [7, 11) is -3.61. The van der Waals surface area contributed by atoms with Crippen LogP contribution in [0, 0.1) is 0 Å². The van der Waals surface area contributed by atoms with Crippen LogP contribution in [-0.2, 0) is 14.8 Å². The van der Waals surface area contributed by atoms with E-state index in [2.05, 4.69) is 0 Å². The summed E-state index contributed by atoms with van der Waals surface area (Å²) in [5, 5.41) is 0. The Balaban J connectivity index is 2.88. The van der Waals surface area contributed by atoms with E-state index in [0.717, 1.165) is 0 Å². The molecule has 6 heteroatoms. The van der Waals surface area contributed by atoms with E-state index in [1.165, 1.54) is 12.1 Å². The van der Waals surface area contributed by atoms with Crippen molar-refractivity contribution in [1.29, 1.82) is 0 Å². The van der Waals surface area contributed by atoms with E-state index < -0.39 is 10.0 Å². The fraction of sp³-hybridized carbons (Fsp3) is 0. The molecule has 1 aromatic carbocycles. The van der Waals surface area contributed by atoms with Crippen molar-refractivity contribution in [3.05, 3.63) is 30.3 Å². The van der Waals surface area contributed by atoms with Gasteiger partial charge in [-0.1, -0.05) is 18.2 Å². The van der Waals surface area contributed by atoms with Crippen LogP contribution < -0.4 is 10.3 Å². The lowest BCUT2D eigenvalue weighted by Gasteiger charge is -2.03. The third kappa shape index (κ3) is 2.53. The fourth-order valence-electron chi connectivity index (χ4n) is 0.760. The Morgan fingerprint density at radius 2 is 1.77 bits per heavy atom. The van der Waals surface area contributed by atoms with Gasteiger partial charge in [0.05, 0.1) is 4.90 Å². The fourth-order valence-corrected chi connectivity index (χ4v) is 1.60. The van der Waals surface area contributed by atoms with Gasteiger partial charge in [-0.25, -0.2) is 8.42 Å². The van der Waals surface area contributed by atoms with E-state index in [1.54, 1.807) is 18.2 Å². The van der Waals surface area contributed by atoms with Crippen molar-refractivity contribution in [3.8, 4) is 0 Å². The van der Waals surface area contributed by atoms with Crippen LogP contribution in [-0.4, -0.2) is 14.8 Å². The number of benzene rings is 1. The number of sulfonamides is 1. The molecular weight excluding hydrogens is 192 g/mol. The molecule has 13 heavy (non-hydrogen) atoms. The summed E-state index contributed by atoms with van der Waals surface area (Å²) in [5.41, 5.74) is 1.87. The summed E-state index contributed by atoms with van der Waals surface area (Å²) < 4.78 is 22.5. The Bertz CT molecular complexity index is 374. The number of hydrogen-bond donors (Lipinski definition) is 2. The van der Waals surface area contributed by atoms with Crippen molar-refractivity contribution in [2.45, 2.75) is 4.90 Å². The summed E-state index contributed by atoms with van der Waals surface area (Å²) >= 11 is 0. The summed E-state index contributed by atoms with van der Waals surface area (Å²) in [6.07, 6.45) is 0.250. The summed E-state index contributed by atoms with van der Waals surface area (Å²) in [6.45, 7) is 0. The highest BCUT2D eigenvalue weighted by atomic mass is 32.2. The summed E-state index contributed by atoms with van der Waals surface area (Å²) in [4.78, 5) is 11.8. The first-order chi connectivity index (χ1) is 6.17. The second-order valence-corrected chi connectivity index (χ2v) is 3.86. The SMILES string of the molecule is O=CNNS(=O)(=O)c1ccccc1. The summed E-state index contributed by atoms with van der Waals surface area (Å²) in [5.74, 6) is 0. The maximum atomic E-state index is 11.3. The van der Waals surface area contributed by atoms with Gasteiger partial charge in [0.1, 0.15) is 0 Å². The minimum absolute atomic E-state index is 0.101. The highest BCUT2D eigenvalue weighted by molar-refractivity contribution is 7.89. The quantitative estimate of drug-likeness (QED) is 0.514. The second kappa shape index (κ2) is 4.01. The molecule has 70 valence electrons. The zero-order chi connectivity index (χ0) is 9.73. The molecule has 5 nitrogen and oxygen atoms in total. The predicted molar refractivity (Wildman–Crippen MR) is 46.0 cm³/mol. The number of nitrogens with one attached hydrogen (secondary N) is 2. The van der Waals surface area contributed by atoms with Gasteiger partial charge < -0.3 is 0 Å². The van der Waals surface area contributed by atoms with Crippen LogP contribution >= 0.6 is 0 Å². The number of carbonyl (C=O) groups excluding carboxylic acids is 1. The normalized spacial score (nSPS) is 10.8. The molecule has 0 unspecified atom stereocenters. The van der Waals surface area contributed by atoms with Gasteiger partial charge in [-0.2, -0.15) is 0 Å². The molecule has 0 saturated carbocycles. The molecule has 0 saturated heterocycles. The zero-order valence-corrected chi connectivity index (χ0v) is 7.41. The molecular formula is C7H8N2O3S. The Kier molecular flexibility index (Phi) is 2.99. The van der Waals surface area contributed by atoms with Crippen LogP contribution in [0.5, 0.6) is 0 Å². The van der Waals surface area contributed by atoms with E-state index in [4.69, 9.17) is 0 Å². The summed E-state index contributed by atoms with van der Waals surface area (Å²) in [6, 6.07) is 7.74. The number of hydrogen-bond acceptors (Lipinski definition) is 3. The maximum Gasteiger partial charge on any atom is 0.257 e. The molecule has 1 rings (SSSR count). The van der Waals surface area contributed by atoms with Crippen LogP contribution in [0.25, 0.3) is 0 Å². The van der Waals surface area contributed by atoms with Gasteiger partial charge >= 0.3 is 0 Å². The minimum atomic E-state index is -3.61. The topological polar surface area (TPSA) is 75.3 Å². The zero-order valence-electron chi connectivity index (χ0n) is 6.60. The van der Waals surface area contributed by atoms with Crippen molar-refractivity contribution in [2.75, 3.05) is 0 Å². The molecule has 0 aliphatic heterocycles. The molecule has 0 atom stereocenters. The Morgan fingerprint density at radius 3 is 2.31 bits per heavy atom. The highest BCUT2D eigenvalue weighted by Gasteiger charge is 2.11. The first-order valence-corrected chi connectivity index (χ1v) is 4.91. The van der Waals surface area contributed by atoms with Crippen molar-refractivity contribution in [3.63, 3.8) is 0 Å². The minimum Gasteiger partial charge on any atom is -0.280 e. The first kappa shape index (κ1) is 9.69. The van der Waals surface area contributed by atoms with E-state index in [-0.39, 0.29) is 11.3 Å². The molecule has 0 aliphatic rings. The monoisotopic (exact) mass is 200 g/mol. The van der Waals surface area contributed by atoms with Gasteiger partial charge in [0.25, 0.3) is 10.0 Å². The van der Waals surface area contributed by atoms with Crippen LogP contribution in [0.4, 0.5) is 0 Å². The van der Waals surface area contributed by atoms with Crippen molar-refractivity contribution >= 4 is 16.4 Å². The number of hydrazine groups is 1. The molecule has 1 amide bonds. The maximum absolute atomic E-state index is 11.3. The van der Waals surface area contributed by atoms with E-state index >= 15 is 0 Å². The van der Waals surface area contributed by atoms with Crippen LogP contribution in [0.1, 0.15) is 0 Å². The lowest BCUT2D eigenvalue weighted by Crippen LogP contribution is -2.36. The van der Waals surface area contributed by atoms with Gasteiger partial charge in [0.2, 0.25) is 6.41 Å². The molecule has 0 spiro atoms. The lowest BCUT2D eigenvalue weighted by atomic mass is 10.4. The molecule has 1 aromatic rings. The Hall–Kier alpha value is -1.40. The Labute approximate surface area is 75.8 Å². The van der Waals surface area contributed by atoms with Gasteiger partial charge in [0, 0.05) is 0 Å². The molecule has 0 aromatic heterocycles. The number of carbonyl (C=O) groups is 1. The average Bonchev–Trinajstić information content (AvgIpc) is 2.16. The van der Waals surface area contributed by atoms with Crippen molar-refractivity contribution in [1.82, 2.24) is 10.3 Å². The molecule has 0 radical (unpaired) electrons. The van der Waals surface area contributed by atoms with E-state index in [9.17, 15) is 13.2 Å². The standard InChI is InChI=1S/C7H8N2O3S/c10-6-8-9-13(11,12)7-4-2-1-3-5-7/h1-6,9H,(H,8,10). The molecule has 0 fully saturated rings. The third-order valence-electron chi connectivity index (χ3n) is 1.31. The van der Waals surface area contributed by atoms with Crippen molar-refractivity contribution in [2.24, 2.45) is 0 Å². The molecule has 0 aliphatic carbocycles. The van der Waals surface area contributed by atoms with Gasteiger partial charge in [-0.15, -0.1) is 4.83 Å². The third-order valence-corrected chi connectivity index (χ3v) is 2.59. The van der Waals surface area contributed by atoms with Crippen LogP contribution in [0.15, 0.2) is 35.2 Å². The lowest BCUT2D eigenvalue weighted by molar-refractivity contribution is -0.109. The van der Waals surface area contributed by atoms with E-state index in [1.807, 2.05) is 10.3 Å². The number of amides is 1. The molecule has 2 N–H and O–H groups in total. The highest BCUT2D eigenvalue weighted by Crippen LogP contribution is 2.05. The average molecular weight is 200 g/mol. The molecule has 0 bridgehead atoms. The predicted octanol–water partition coefficient (Wildman–Crippen LogP) is -0.374. The largest absolute Gasteiger partial charge is 0.280 e. The Morgan fingerprint density at radius 1 is 1.15 bits per heavy atom. The van der Waals surface area contributed by atoms with Gasteiger partial charge in [-0.3, -0.25) is 10.2 Å². The number of rotatable bonds is 4. The van der Waals surface area contributed by atoms with Crippen LogP contribution in [0.3, 0.4) is 0 Å². The van der Waals surface area contributed by atoms with Gasteiger partial charge in [-0.05, 0) is 12.1 Å². The van der Waals surface area contributed by atoms with Crippen molar-refractivity contribution < 1.29 is 13.2 Å².